The number of amidine groups is 2. The molecule has 2 aromatic rings. The van der Waals surface area contributed by atoms with Gasteiger partial charge in [0, 0.05) is 46.6 Å². The first-order chi connectivity index (χ1) is 27.1. The summed E-state index contributed by atoms with van der Waals surface area (Å²) in [4.78, 5) is 13.5. The maximum atomic E-state index is 10.9. The molecule has 13 heteroatoms. The van der Waals surface area contributed by atoms with E-state index in [2.05, 4.69) is 58.8 Å². The highest BCUT2D eigenvalue weighted by Crippen LogP contribution is 2.72. The lowest BCUT2D eigenvalue weighted by Crippen LogP contribution is -2.64. The number of ether oxygens (including phenoxy) is 1. The lowest BCUT2D eigenvalue weighted by Gasteiger charge is -2.69. The van der Waals surface area contributed by atoms with E-state index in [0.29, 0.717) is 46.6 Å². The zero-order valence-corrected chi connectivity index (χ0v) is 35.0. The van der Waals surface area contributed by atoms with Gasteiger partial charge in [0.05, 0.1) is 23.8 Å². The third-order valence-corrected chi connectivity index (χ3v) is 14.3. The molecule has 2 atom stereocenters. The van der Waals surface area contributed by atoms with Crippen LogP contribution in [0, 0.1) is 28.6 Å². The zero-order valence-electron chi connectivity index (χ0n) is 34.2. The number of piperidine rings is 1. The van der Waals surface area contributed by atoms with E-state index in [0.717, 1.165) is 77.9 Å². The van der Waals surface area contributed by atoms with Crippen LogP contribution in [0.4, 0.5) is 5.13 Å². The number of likely N-dealkylation sites (tertiary alicyclic amines) is 2. The Balaban J connectivity index is 1.03. The van der Waals surface area contributed by atoms with Crippen LogP contribution in [0.25, 0.3) is 18.2 Å². The zero-order chi connectivity index (χ0) is 40.3. The number of aliphatic imine (C=N–C) groups is 1. The summed E-state index contributed by atoms with van der Waals surface area (Å²) in [6.45, 7) is 22.5. The van der Waals surface area contributed by atoms with E-state index in [9.17, 15) is 10.5 Å². The van der Waals surface area contributed by atoms with Crippen molar-refractivity contribution in [3.63, 3.8) is 0 Å². The minimum absolute atomic E-state index is 0.0687. The second-order valence-corrected chi connectivity index (χ2v) is 19.6. The number of nitrogens with one attached hydrogen (secondary N) is 2. The van der Waals surface area contributed by atoms with E-state index in [-0.39, 0.29) is 27.7 Å². The summed E-state index contributed by atoms with van der Waals surface area (Å²) < 4.78 is 9.99. The molecule has 0 amide bonds. The molecule has 6 fully saturated rings. The Labute approximate surface area is 340 Å². The highest BCUT2D eigenvalue weighted by Gasteiger charge is 2.66. The molecule has 12 nitrogen and oxygen atoms in total. The summed E-state index contributed by atoms with van der Waals surface area (Å²) in [6, 6.07) is 0. The molecule has 4 aliphatic carbocycles. The average Bonchev–Trinajstić information content (AvgIpc) is 3.87. The Hall–Kier alpha value is -4.46. The van der Waals surface area contributed by atoms with Crippen molar-refractivity contribution in [1.29, 1.82) is 5.41 Å². The van der Waals surface area contributed by atoms with Crippen molar-refractivity contribution in [3.8, 4) is 0 Å². The van der Waals surface area contributed by atoms with Gasteiger partial charge >= 0.3 is 0 Å². The molecule has 9 rings (SSSR count). The standard InChI is InChI=1S/C44H60N10O2S/c1-7-11-34-30(4)57-40(49-34)51-37(45)28(2)31-12-10-17-53(38(31)46)35-14-13-32(36(50-35)39(47)55)33-20-48-54(29(33)3)27-43-22-41(5)21-42(6,23-43)25-44(24-41,26-43)56-19-18-52-15-8-9-16-52/h7,11,13-14,20,46,50,55H,1,4,8-10,12,15-19,21-27,47H2,2-3,5-6H3,(H2,45,49,51)/b31-28-,34-11+,39-36+,46-38?. The third kappa shape index (κ3) is 7.54. The molecule has 4 bridgehead atoms. The Kier molecular flexibility index (Phi) is 10.2. The number of aliphatic hydroxyl groups is 1. The molecule has 7 N–H and O–H groups in total. The van der Waals surface area contributed by atoms with Gasteiger partial charge in [-0.2, -0.15) is 5.10 Å². The minimum Gasteiger partial charge on any atom is -0.493 e. The lowest BCUT2D eigenvalue weighted by molar-refractivity contribution is -0.248. The molecular weight excluding hydrogens is 733 g/mol. The summed E-state index contributed by atoms with van der Waals surface area (Å²) in [7, 11) is 0. The van der Waals surface area contributed by atoms with Crippen LogP contribution < -0.4 is 26.7 Å². The predicted octanol–water partition coefficient (Wildman–Crippen LogP) is 5.85. The van der Waals surface area contributed by atoms with Gasteiger partial charge in [-0.3, -0.25) is 10.1 Å². The van der Waals surface area contributed by atoms with E-state index >= 15 is 0 Å². The Bertz CT molecular complexity index is 2230. The Morgan fingerprint density at radius 2 is 1.82 bits per heavy atom. The van der Waals surface area contributed by atoms with Crippen molar-refractivity contribution in [1.82, 2.24) is 29.9 Å². The highest BCUT2D eigenvalue weighted by molar-refractivity contribution is 7.13. The topological polar surface area (TPSA) is 167 Å². The summed E-state index contributed by atoms with van der Waals surface area (Å²) >= 11 is 1.36. The smallest absolute Gasteiger partial charge is 0.212 e. The normalized spacial score (nSPS) is 32.4. The quantitative estimate of drug-likeness (QED) is 0.107. The molecule has 0 spiro atoms. The van der Waals surface area contributed by atoms with Crippen LogP contribution in [0.15, 0.2) is 64.5 Å². The number of allylic oxidation sites excluding steroid dienone is 4. The summed E-state index contributed by atoms with van der Waals surface area (Å²) in [5.41, 5.74) is 17.9. The first-order valence-electron chi connectivity index (χ1n) is 20.6. The fraction of sp³-hybridized carbons (Fsp3) is 0.545. The number of thiazole rings is 1. The summed E-state index contributed by atoms with van der Waals surface area (Å²) in [5, 5.41) is 29.8. The van der Waals surface area contributed by atoms with Gasteiger partial charge in [0.25, 0.3) is 0 Å². The number of hydrogen-bond donors (Lipinski definition) is 5. The summed E-state index contributed by atoms with van der Waals surface area (Å²) in [6.07, 6.45) is 20.5. The molecule has 0 aromatic carbocycles. The molecule has 57 heavy (non-hydrogen) atoms. The fourth-order valence-corrected chi connectivity index (χ4v) is 12.9. The number of dihydropyridines is 1. The van der Waals surface area contributed by atoms with Crippen LogP contribution >= 0.6 is 11.3 Å². The molecule has 2 aromatic heterocycles. The number of nitrogens with two attached hydrogens (primary N) is 2. The van der Waals surface area contributed by atoms with Gasteiger partial charge in [-0.05, 0) is 131 Å². The van der Waals surface area contributed by atoms with Crippen molar-refractivity contribution >= 4 is 46.4 Å². The van der Waals surface area contributed by atoms with Gasteiger partial charge in [0.15, 0.2) is 0 Å². The molecule has 2 unspecified atom stereocenters. The Morgan fingerprint density at radius 1 is 1.09 bits per heavy atom. The van der Waals surface area contributed by atoms with E-state index in [4.69, 9.17) is 21.3 Å². The first kappa shape index (κ1) is 39.4. The molecule has 0 radical (unpaired) electrons. The van der Waals surface area contributed by atoms with Crippen molar-refractivity contribution in [2.24, 2.45) is 32.7 Å². The molecule has 3 aliphatic heterocycles. The molecule has 4 saturated carbocycles. The monoisotopic (exact) mass is 792 g/mol. The van der Waals surface area contributed by atoms with Gasteiger partial charge in [0.2, 0.25) is 11.0 Å². The number of rotatable bonds is 11. The third-order valence-electron chi connectivity index (χ3n) is 13.4. The Morgan fingerprint density at radius 3 is 2.53 bits per heavy atom. The van der Waals surface area contributed by atoms with Gasteiger partial charge in [-0.1, -0.05) is 44.4 Å². The van der Waals surface area contributed by atoms with Gasteiger partial charge < -0.3 is 36.4 Å². The maximum Gasteiger partial charge on any atom is 0.212 e. The molecular formula is C44H60N10O2S. The van der Waals surface area contributed by atoms with Gasteiger partial charge in [0.1, 0.15) is 23.2 Å². The lowest BCUT2D eigenvalue weighted by atomic mass is 9.39. The van der Waals surface area contributed by atoms with Gasteiger partial charge in [-0.25, -0.2) is 9.98 Å². The minimum atomic E-state index is -0.317. The van der Waals surface area contributed by atoms with Crippen LogP contribution in [0.2, 0.25) is 0 Å². The van der Waals surface area contributed by atoms with Crippen LogP contribution in [0.5, 0.6) is 0 Å². The first-order valence-corrected chi connectivity index (χ1v) is 21.4. The number of aliphatic hydroxyl groups excluding tert-OH is 1. The second kappa shape index (κ2) is 14.7. The molecule has 304 valence electrons. The molecule has 2 saturated heterocycles. The highest BCUT2D eigenvalue weighted by atomic mass is 32.1. The van der Waals surface area contributed by atoms with Crippen LogP contribution in [0.3, 0.4) is 0 Å². The average molecular weight is 793 g/mol. The van der Waals surface area contributed by atoms with Crippen LogP contribution in [-0.4, -0.2) is 79.7 Å². The number of hydrogen-bond acceptors (Lipinski definition) is 10. The molecule has 7 aliphatic rings. The second-order valence-electron chi connectivity index (χ2n) is 18.5. The fourth-order valence-electron chi connectivity index (χ4n) is 12.2. The molecule has 5 heterocycles. The van der Waals surface area contributed by atoms with Crippen molar-refractivity contribution in [3.05, 3.63) is 80.7 Å². The SMILES string of the molecule is C=C/C=c1/nc(/N=C(N)/C(C)=C2/CCCN(C3=CC=C(c4cnn(CC56CC7(C)CC(C)(C5)CC(OCCN5CCCC5)(C7)C6)c4C)/C(=C(/N)O)N3)C2=N)sc1=C. The van der Waals surface area contributed by atoms with E-state index in [1.807, 2.05) is 30.2 Å². The van der Waals surface area contributed by atoms with Crippen LogP contribution in [-0.2, 0) is 11.3 Å². The van der Waals surface area contributed by atoms with E-state index in [1.54, 1.807) is 12.2 Å². The van der Waals surface area contributed by atoms with Crippen molar-refractivity contribution in [2.75, 3.05) is 32.8 Å². The van der Waals surface area contributed by atoms with Crippen molar-refractivity contribution in [2.45, 2.75) is 104 Å². The van der Waals surface area contributed by atoms with E-state index < -0.39 is 0 Å². The van der Waals surface area contributed by atoms with E-state index in [1.165, 1.54) is 56.5 Å². The largest absolute Gasteiger partial charge is 0.493 e. The van der Waals surface area contributed by atoms with Gasteiger partial charge in [-0.15, -0.1) is 0 Å². The van der Waals surface area contributed by atoms with Crippen LogP contribution in [0.1, 0.15) is 96.2 Å². The maximum absolute atomic E-state index is 10.9. The van der Waals surface area contributed by atoms with Crippen molar-refractivity contribution < 1.29 is 9.84 Å². The summed E-state index contributed by atoms with van der Waals surface area (Å²) in [5.74, 6) is 0.966. The predicted molar refractivity (Wildman–Crippen MR) is 230 cm³/mol. The number of aromatic nitrogens is 3. The number of nitrogens with zero attached hydrogens (tertiary/aromatic N) is 6.